The van der Waals surface area contributed by atoms with E-state index in [1.807, 2.05) is 20.8 Å². The molecule has 1 aromatic rings. The number of benzene rings is 1. The van der Waals surface area contributed by atoms with Crippen LogP contribution in [0, 0.1) is 11.7 Å². The Labute approximate surface area is 136 Å². The molecule has 0 radical (unpaired) electrons. The highest BCUT2D eigenvalue weighted by molar-refractivity contribution is 5.68. The number of para-hydroxylation sites is 1. The third-order valence-corrected chi connectivity index (χ3v) is 3.58. The van der Waals surface area contributed by atoms with E-state index in [0.717, 1.165) is 12.8 Å². The molecule has 1 fully saturated rings. The number of phenols is 1. The highest BCUT2D eigenvalue weighted by Crippen LogP contribution is 2.30. The van der Waals surface area contributed by atoms with Crippen LogP contribution in [-0.2, 0) is 4.74 Å². The number of phenolic OH excluding ortho intramolecular Hbond substituents is 1. The second-order valence-electron chi connectivity index (χ2n) is 6.83. The predicted octanol–water partition coefficient (Wildman–Crippen LogP) is 3.56. The Morgan fingerprint density at radius 3 is 2.83 bits per heavy atom. The summed E-state index contributed by atoms with van der Waals surface area (Å²) in [4.78, 5) is 13.8. The normalized spacial score (nSPS) is 18.6. The molecular formula is C17H24FNO4. The van der Waals surface area contributed by atoms with E-state index < -0.39 is 11.4 Å². The van der Waals surface area contributed by atoms with Crippen LogP contribution < -0.4 is 4.74 Å². The first-order valence-electron chi connectivity index (χ1n) is 7.84. The van der Waals surface area contributed by atoms with E-state index in [-0.39, 0.29) is 30.1 Å². The number of hydrogen-bond donors (Lipinski definition) is 1. The van der Waals surface area contributed by atoms with Crippen LogP contribution in [0.4, 0.5) is 9.18 Å². The Morgan fingerprint density at radius 2 is 2.17 bits per heavy atom. The second kappa shape index (κ2) is 7.06. The van der Waals surface area contributed by atoms with Crippen molar-refractivity contribution in [1.82, 2.24) is 4.90 Å². The average molecular weight is 325 g/mol. The molecule has 0 aromatic heterocycles. The maximum absolute atomic E-state index is 13.6. The molecule has 1 aliphatic rings. The second-order valence-corrected chi connectivity index (χ2v) is 6.83. The molecule has 1 heterocycles. The van der Waals surface area contributed by atoms with Crippen LogP contribution in [0.15, 0.2) is 18.2 Å². The quantitative estimate of drug-likeness (QED) is 0.923. The average Bonchev–Trinajstić information content (AvgIpc) is 2.45. The summed E-state index contributed by atoms with van der Waals surface area (Å²) in [6.45, 7) is 6.89. The van der Waals surface area contributed by atoms with Crippen molar-refractivity contribution in [2.45, 2.75) is 39.2 Å². The Morgan fingerprint density at radius 1 is 1.43 bits per heavy atom. The van der Waals surface area contributed by atoms with Crippen molar-refractivity contribution in [1.29, 1.82) is 0 Å². The zero-order valence-corrected chi connectivity index (χ0v) is 13.8. The van der Waals surface area contributed by atoms with Gasteiger partial charge in [0.05, 0.1) is 6.61 Å². The standard InChI is InChI=1S/C17H24FNO4/c1-17(2,3)23-16(21)19-9-5-6-12(10-19)11-22-15-13(18)7-4-8-14(15)20/h4,7-8,12,20H,5-6,9-11H2,1-3H3. The number of amides is 1. The third kappa shape index (κ3) is 5.01. The lowest BCUT2D eigenvalue weighted by molar-refractivity contribution is 0.0137. The van der Waals surface area contributed by atoms with Crippen LogP contribution in [-0.4, -0.2) is 41.4 Å². The minimum Gasteiger partial charge on any atom is -0.504 e. The van der Waals surface area contributed by atoms with Gasteiger partial charge in [0.1, 0.15) is 5.60 Å². The molecule has 23 heavy (non-hydrogen) atoms. The van der Waals surface area contributed by atoms with Gasteiger partial charge in [0.2, 0.25) is 0 Å². The van der Waals surface area contributed by atoms with Crippen molar-refractivity contribution in [3.05, 3.63) is 24.0 Å². The van der Waals surface area contributed by atoms with E-state index in [9.17, 15) is 14.3 Å². The Kier molecular flexibility index (Phi) is 5.34. The minimum atomic E-state index is -0.593. The summed E-state index contributed by atoms with van der Waals surface area (Å²) in [5.41, 5.74) is -0.528. The first kappa shape index (κ1) is 17.4. The Bertz CT molecular complexity index is 536. The largest absolute Gasteiger partial charge is 0.504 e. The van der Waals surface area contributed by atoms with E-state index in [0.29, 0.717) is 13.1 Å². The number of halogens is 1. The lowest BCUT2D eigenvalue weighted by Gasteiger charge is -2.34. The van der Waals surface area contributed by atoms with Crippen molar-refractivity contribution >= 4 is 6.09 Å². The molecule has 0 bridgehead atoms. The number of ether oxygens (including phenoxy) is 2. The van der Waals surface area contributed by atoms with Gasteiger partial charge in [-0.1, -0.05) is 6.07 Å². The molecule has 1 unspecified atom stereocenters. The number of hydrogen-bond acceptors (Lipinski definition) is 4. The van der Waals surface area contributed by atoms with Gasteiger partial charge in [-0.15, -0.1) is 0 Å². The molecular weight excluding hydrogens is 301 g/mol. The summed E-state index contributed by atoms with van der Waals surface area (Å²) in [7, 11) is 0. The van der Waals surface area contributed by atoms with E-state index in [2.05, 4.69) is 0 Å². The molecule has 1 atom stereocenters. The van der Waals surface area contributed by atoms with Gasteiger partial charge in [-0.2, -0.15) is 0 Å². The van der Waals surface area contributed by atoms with Crippen molar-refractivity contribution in [2.75, 3.05) is 19.7 Å². The Balaban J connectivity index is 1.90. The number of carbonyl (C=O) groups is 1. The fourth-order valence-electron chi connectivity index (χ4n) is 2.53. The van der Waals surface area contributed by atoms with E-state index in [1.54, 1.807) is 4.90 Å². The molecule has 2 rings (SSSR count). The van der Waals surface area contributed by atoms with Gasteiger partial charge in [-0.3, -0.25) is 0 Å². The number of rotatable bonds is 3. The maximum Gasteiger partial charge on any atom is 0.410 e. The number of aromatic hydroxyl groups is 1. The van der Waals surface area contributed by atoms with Gasteiger partial charge >= 0.3 is 6.09 Å². The van der Waals surface area contributed by atoms with Crippen LogP contribution >= 0.6 is 0 Å². The highest BCUT2D eigenvalue weighted by atomic mass is 19.1. The van der Waals surface area contributed by atoms with Crippen LogP contribution in [0.2, 0.25) is 0 Å². The SMILES string of the molecule is CC(C)(C)OC(=O)N1CCCC(COc2c(O)cccc2F)C1. The van der Waals surface area contributed by atoms with Gasteiger partial charge in [0, 0.05) is 19.0 Å². The highest BCUT2D eigenvalue weighted by Gasteiger charge is 2.28. The number of piperidine rings is 1. The molecule has 1 aliphatic heterocycles. The van der Waals surface area contributed by atoms with Crippen molar-refractivity contribution in [3.63, 3.8) is 0 Å². The Hall–Kier alpha value is -1.98. The lowest BCUT2D eigenvalue weighted by Crippen LogP contribution is -2.44. The van der Waals surface area contributed by atoms with Crippen molar-refractivity contribution in [2.24, 2.45) is 5.92 Å². The predicted molar refractivity (Wildman–Crippen MR) is 84.1 cm³/mol. The van der Waals surface area contributed by atoms with Gasteiger partial charge in [0.15, 0.2) is 17.3 Å². The first-order valence-corrected chi connectivity index (χ1v) is 7.84. The number of carbonyl (C=O) groups excluding carboxylic acids is 1. The molecule has 1 aromatic carbocycles. The molecule has 0 spiro atoms. The molecule has 1 saturated heterocycles. The fraction of sp³-hybridized carbons (Fsp3) is 0.588. The third-order valence-electron chi connectivity index (χ3n) is 3.58. The summed E-state index contributed by atoms with van der Waals surface area (Å²) >= 11 is 0. The van der Waals surface area contributed by atoms with Gasteiger partial charge in [-0.25, -0.2) is 9.18 Å². The summed E-state index contributed by atoms with van der Waals surface area (Å²) in [6.07, 6.45) is 1.39. The smallest absolute Gasteiger partial charge is 0.410 e. The van der Waals surface area contributed by atoms with Crippen LogP contribution in [0.3, 0.4) is 0 Å². The van der Waals surface area contributed by atoms with Crippen molar-refractivity contribution < 1.29 is 23.8 Å². The molecule has 1 N–H and O–H groups in total. The molecule has 128 valence electrons. The fourth-order valence-corrected chi connectivity index (χ4v) is 2.53. The summed E-state index contributed by atoms with van der Waals surface area (Å²) in [5.74, 6) is -0.869. The zero-order chi connectivity index (χ0) is 17.0. The number of nitrogens with zero attached hydrogens (tertiary/aromatic N) is 1. The van der Waals surface area contributed by atoms with Crippen LogP contribution in [0.25, 0.3) is 0 Å². The van der Waals surface area contributed by atoms with Crippen molar-refractivity contribution in [3.8, 4) is 11.5 Å². The molecule has 0 aliphatic carbocycles. The number of likely N-dealkylation sites (tertiary alicyclic amines) is 1. The lowest BCUT2D eigenvalue weighted by atomic mass is 9.99. The zero-order valence-electron chi connectivity index (χ0n) is 13.8. The monoisotopic (exact) mass is 325 g/mol. The van der Waals surface area contributed by atoms with E-state index in [1.165, 1.54) is 18.2 Å². The summed E-state index contributed by atoms with van der Waals surface area (Å²) in [5, 5.41) is 9.64. The summed E-state index contributed by atoms with van der Waals surface area (Å²) in [6, 6.07) is 4.04. The maximum atomic E-state index is 13.6. The molecule has 0 saturated carbocycles. The summed E-state index contributed by atoms with van der Waals surface area (Å²) < 4.78 is 24.4. The topological polar surface area (TPSA) is 59.0 Å². The first-order chi connectivity index (χ1) is 10.8. The molecule has 6 heteroatoms. The van der Waals surface area contributed by atoms with Gasteiger partial charge < -0.3 is 19.5 Å². The van der Waals surface area contributed by atoms with Crippen LogP contribution in [0.5, 0.6) is 11.5 Å². The minimum absolute atomic E-state index is 0.0790. The molecule has 1 amide bonds. The van der Waals surface area contributed by atoms with E-state index in [4.69, 9.17) is 9.47 Å². The van der Waals surface area contributed by atoms with Gasteiger partial charge in [-0.05, 0) is 45.7 Å². The molecule has 5 nitrogen and oxygen atoms in total. The van der Waals surface area contributed by atoms with E-state index >= 15 is 0 Å². The van der Waals surface area contributed by atoms with Crippen LogP contribution in [0.1, 0.15) is 33.6 Å². The van der Waals surface area contributed by atoms with Gasteiger partial charge in [0.25, 0.3) is 0 Å².